The molecule has 110 valence electrons. The van der Waals surface area contributed by atoms with E-state index >= 15 is 0 Å². The van der Waals surface area contributed by atoms with Crippen LogP contribution in [0.1, 0.15) is 35.7 Å². The van der Waals surface area contributed by atoms with Crippen LogP contribution < -0.4 is 10.6 Å². The van der Waals surface area contributed by atoms with E-state index in [-0.39, 0.29) is 0 Å². The summed E-state index contributed by atoms with van der Waals surface area (Å²) in [5.41, 5.74) is 8.38. The van der Waals surface area contributed by atoms with Crippen LogP contribution in [-0.2, 0) is 6.42 Å². The van der Waals surface area contributed by atoms with Crippen LogP contribution in [0.15, 0.2) is 30.3 Å². The zero-order chi connectivity index (χ0) is 14.8. The summed E-state index contributed by atoms with van der Waals surface area (Å²) in [4.78, 5) is 11.4. The van der Waals surface area contributed by atoms with E-state index < -0.39 is 0 Å². The third-order valence-corrected chi connectivity index (χ3v) is 4.06. The van der Waals surface area contributed by atoms with Gasteiger partial charge in [-0.1, -0.05) is 30.3 Å². The molecule has 0 unspecified atom stereocenters. The second-order valence-electron chi connectivity index (χ2n) is 5.85. The molecule has 1 aliphatic rings. The van der Waals surface area contributed by atoms with E-state index in [0.29, 0.717) is 11.7 Å². The van der Waals surface area contributed by atoms with Crippen molar-refractivity contribution in [1.29, 1.82) is 0 Å². The predicted molar refractivity (Wildman–Crippen MR) is 86.6 cm³/mol. The molecule has 1 aromatic carbocycles. The van der Waals surface area contributed by atoms with Gasteiger partial charge in [0.05, 0.1) is 0 Å². The quantitative estimate of drug-likeness (QED) is 0.916. The van der Waals surface area contributed by atoms with Gasteiger partial charge in [-0.25, -0.2) is 9.97 Å². The Kier molecular flexibility index (Phi) is 3.78. The van der Waals surface area contributed by atoms with E-state index in [1.54, 1.807) is 0 Å². The normalized spacial score (nSPS) is 14.2. The number of hydrogen-bond donors (Lipinski definition) is 1. The standard InChI is InChI=1S/C17H22N4/c1-12-15(18)19-16(14-8-9-14)20-17(12)21(2)11-10-13-6-4-3-5-7-13/h3-7,14H,8-11H2,1-2H3,(H2,18,19,20). The minimum atomic E-state index is 0.522. The van der Waals surface area contributed by atoms with Crippen LogP contribution >= 0.6 is 0 Å². The zero-order valence-electron chi connectivity index (χ0n) is 12.7. The molecule has 0 aliphatic heterocycles. The summed E-state index contributed by atoms with van der Waals surface area (Å²) in [6.07, 6.45) is 3.38. The lowest BCUT2D eigenvalue weighted by molar-refractivity contribution is 0.829. The third kappa shape index (κ3) is 3.15. The van der Waals surface area contributed by atoms with Crippen molar-refractivity contribution in [3.8, 4) is 0 Å². The maximum absolute atomic E-state index is 6.05. The Balaban J connectivity index is 1.75. The van der Waals surface area contributed by atoms with Gasteiger partial charge >= 0.3 is 0 Å². The van der Waals surface area contributed by atoms with Crippen LogP contribution in [-0.4, -0.2) is 23.6 Å². The number of nitrogens with zero attached hydrogens (tertiary/aromatic N) is 3. The van der Waals surface area contributed by atoms with E-state index in [0.717, 1.165) is 30.2 Å². The minimum absolute atomic E-state index is 0.522. The molecule has 2 aromatic rings. The molecule has 0 saturated heterocycles. The van der Waals surface area contributed by atoms with Crippen LogP contribution in [0, 0.1) is 6.92 Å². The van der Waals surface area contributed by atoms with Gasteiger partial charge in [0.1, 0.15) is 17.5 Å². The van der Waals surface area contributed by atoms with Gasteiger partial charge in [-0.15, -0.1) is 0 Å². The molecule has 1 aliphatic carbocycles. The number of hydrogen-bond acceptors (Lipinski definition) is 4. The van der Waals surface area contributed by atoms with Gasteiger partial charge in [-0.05, 0) is 31.7 Å². The number of rotatable bonds is 5. The van der Waals surface area contributed by atoms with Crippen molar-refractivity contribution in [2.24, 2.45) is 0 Å². The topological polar surface area (TPSA) is 55.0 Å². The molecule has 0 spiro atoms. The van der Waals surface area contributed by atoms with Crippen LogP contribution in [0.3, 0.4) is 0 Å². The maximum Gasteiger partial charge on any atom is 0.137 e. The Hall–Kier alpha value is -2.10. The summed E-state index contributed by atoms with van der Waals surface area (Å²) in [5, 5.41) is 0. The fraction of sp³-hybridized carbons (Fsp3) is 0.412. The predicted octanol–water partition coefficient (Wildman–Crippen LogP) is 2.92. The van der Waals surface area contributed by atoms with Crippen molar-refractivity contribution in [2.75, 3.05) is 24.2 Å². The van der Waals surface area contributed by atoms with Crippen LogP contribution in [0.2, 0.25) is 0 Å². The van der Waals surface area contributed by atoms with Gasteiger partial charge in [-0.3, -0.25) is 0 Å². The Bertz CT molecular complexity index is 620. The molecule has 0 atom stereocenters. The second kappa shape index (κ2) is 5.72. The maximum atomic E-state index is 6.05. The number of anilines is 2. The van der Waals surface area contributed by atoms with Crippen LogP contribution in [0.5, 0.6) is 0 Å². The highest BCUT2D eigenvalue weighted by atomic mass is 15.2. The molecule has 2 N–H and O–H groups in total. The molecule has 1 saturated carbocycles. The number of aromatic nitrogens is 2. The average Bonchev–Trinajstić information content (AvgIpc) is 3.33. The summed E-state index contributed by atoms with van der Waals surface area (Å²) in [6, 6.07) is 10.5. The van der Waals surface area contributed by atoms with Gasteiger partial charge in [0.15, 0.2) is 0 Å². The average molecular weight is 282 g/mol. The Labute approximate surface area is 126 Å². The van der Waals surface area contributed by atoms with Gasteiger partial charge < -0.3 is 10.6 Å². The molecule has 1 heterocycles. The molecule has 0 bridgehead atoms. The number of nitrogens with two attached hydrogens (primary N) is 1. The summed E-state index contributed by atoms with van der Waals surface area (Å²) >= 11 is 0. The molecule has 4 nitrogen and oxygen atoms in total. The monoisotopic (exact) mass is 282 g/mol. The van der Waals surface area contributed by atoms with Crippen molar-refractivity contribution in [3.05, 3.63) is 47.3 Å². The van der Waals surface area contributed by atoms with Crippen molar-refractivity contribution < 1.29 is 0 Å². The molecule has 0 radical (unpaired) electrons. The van der Waals surface area contributed by atoms with E-state index in [4.69, 9.17) is 10.7 Å². The van der Waals surface area contributed by atoms with Crippen molar-refractivity contribution in [2.45, 2.75) is 32.1 Å². The lowest BCUT2D eigenvalue weighted by atomic mass is 10.1. The number of likely N-dealkylation sites (N-methyl/N-ethyl adjacent to an activating group) is 1. The SMILES string of the molecule is Cc1c(N)nc(C2CC2)nc1N(C)CCc1ccccc1. The van der Waals surface area contributed by atoms with Crippen molar-refractivity contribution in [3.63, 3.8) is 0 Å². The molecule has 1 fully saturated rings. The third-order valence-electron chi connectivity index (χ3n) is 4.06. The van der Waals surface area contributed by atoms with Crippen molar-refractivity contribution in [1.82, 2.24) is 9.97 Å². The molecule has 1 aromatic heterocycles. The molecule has 21 heavy (non-hydrogen) atoms. The first kappa shape index (κ1) is 13.9. The fourth-order valence-electron chi connectivity index (χ4n) is 2.48. The van der Waals surface area contributed by atoms with Gasteiger partial charge in [0.25, 0.3) is 0 Å². The first-order valence-corrected chi connectivity index (χ1v) is 7.54. The summed E-state index contributed by atoms with van der Waals surface area (Å²) < 4.78 is 0. The molecule has 3 rings (SSSR count). The highest BCUT2D eigenvalue weighted by Crippen LogP contribution is 2.39. The van der Waals surface area contributed by atoms with Gasteiger partial charge in [0.2, 0.25) is 0 Å². The summed E-state index contributed by atoms with van der Waals surface area (Å²) in [6.45, 7) is 2.92. The Morgan fingerprint density at radius 3 is 2.57 bits per heavy atom. The van der Waals surface area contributed by atoms with E-state index in [1.807, 2.05) is 13.0 Å². The molecular formula is C17H22N4. The molecular weight excluding hydrogens is 260 g/mol. The summed E-state index contributed by atoms with van der Waals surface area (Å²) in [5.74, 6) is 3.03. The molecule has 4 heteroatoms. The number of benzene rings is 1. The fourth-order valence-corrected chi connectivity index (χ4v) is 2.48. The Morgan fingerprint density at radius 2 is 1.90 bits per heavy atom. The van der Waals surface area contributed by atoms with Crippen LogP contribution in [0.25, 0.3) is 0 Å². The van der Waals surface area contributed by atoms with E-state index in [1.165, 1.54) is 18.4 Å². The lowest BCUT2D eigenvalue weighted by Gasteiger charge is -2.21. The summed E-state index contributed by atoms with van der Waals surface area (Å²) in [7, 11) is 2.08. The first-order valence-electron chi connectivity index (χ1n) is 7.54. The molecule has 0 amide bonds. The van der Waals surface area contributed by atoms with Crippen molar-refractivity contribution >= 4 is 11.6 Å². The van der Waals surface area contributed by atoms with Gasteiger partial charge in [-0.2, -0.15) is 0 Å². The van der Waals surface area contributed by atoms with Crippen LogP contribution in [0.4, 0.5) is 11.6 Å². The highest BCUT2D eigenvalue weighted by Gasteiger charge is 2.28. The van der Waals surface area contributed by atoms with Gasteiger partial charge in [0, 0.05) is 25.1 Å². The largest absolute Gasteiger partial charge is 0.383 e. The van der Waals surface area contributed by atoms with E-state index in [2.05, 4.69) is 41.2 Å². The zero-order valence-corrected chi connectivity index (χ0v) is 12.7. The van der Waals surface area contributed by atoms with E-state index in [9.17, 15) is 0 Å². The first-order chi connectivity index (χ1) is 10.1. The number of nitrogen functional groups attached to an aromatic ring is 1. The minimum Gasteiger partial charge on any atom is -0.383 e. The Morgan fingerprint density at radius 1 is 1.19 bits per heavy atom. The lowest BCUT2D eigenvalue weighted by Crippen LogP contribution is -2.23. The second-order valence-corrected chi connectivity index (χ2v) is 5.85. The highest BCUT2D eigenvalue weighted by molar-refractivity contribution is 5.56. The smallest absolute Gasteiger partial charge is 0.137 e.